The standard InChI is InChI=1S/C26H28ClN3O3/c1-19-7-5-8-20(15-19)17-28-14-6-11-23(28)18-29(21-9-3-2-4-10-21)26(31)24-13-12-22(30(32)33)16-25(24)27/h5-8,11-16,21H,2-4,9-10,17-18H2,1H3. The number of rotatable bonds is 7. The molecule has 0 bridgehead atoms. The Hall–Kier alpha value is -3.12. The zero-order valence-corrected chi connectivity index (χ0v) is 19.5. The first kappa shape index (κ1) is 23.1. The summed E-state index contributed by atoms with van der Waals surface area (Å²) in [5.74, 6) is -0.176. The van der Waals surface area contributed by atoms with Crippen molar-refractivity contribution in [2.24, 2.45) is 0 Å². The van der Waals surface area contributed by atoms with E-state index in [0.29, 0.717) is 12.1 Å². The lowest BCUT2D eigenvalue weighted by Crippen LogP contribution is -2.41. The van der Waals surface area contributed by atoms with E-state index >= 15 is 0 Å². The SMILES string of the molecule is Cc1cccc(Cn2cccc2CN(C(=O)c2ccc([N+](=O)[O-])cc2Cl)C2CCCCC2)c1. The third-order valence-corrected chi connectivity index (χ3v) is 6.67. The predicted octanol–water partition coefficient (Wildman–Crippen LogP) is 6.38. The minimum atomic E-state index is -0.503. The number of halogens is 1. The molecular weight excluding hydrogens is 438 g/mol. The molecule has 172 valence electrons. The third kappa shape index (κ3) is 5.45. The number of hydrogen-bond donors (Lipinski definition) is 0. The Morgan fingerprint density at radius 2 is 1.91 bits per heavy atom. The van der Waals surface area contributed by atoms with Crippen LogP contribution in [0.4, 0.5) is 5.69 Å². The highest BCUT2D eigenvalue weighted by Crippen LogP contribution is 2.29. The number of carbonyl (C=O) groups excluding carboxylic acids is 1. The van der Waals surface area contributed by atoms with E-state index < -0.39 is 4.92 Å². The van der Waals surface area contributed by atoms with Gasteiger partial charge in [0, 0.05) is 36.6 Å². The maximum atomic E-state index is 13.6. The number of non-ortho nitro benzene ring substituents is 1. The molecule has 1 aliphatic carbocycles. The number of hydrogen-bond acceptors (Lipinski definition) is 3. The Kier molecular flexibility index (Phi) is 7.14. The van der Waals surface area contributed by atoms with Crippen molar-refractivity contribution in [2.75, 3.05) is 0 Å². The van der Waals surface area contributed by atoms with Crippen LogP contribution in [0.15, 0.2) is 60.8 Å². The Labute approximate surface area is 198 Å². The van der Waals surface area contributed by atoms with Crippen molar-refractivity contribution in [3.05, 3.63) is 98.3 Å². The average molecular weight is 466 g/mol. The van der Waals surface area contributed by atoms with Gasteiger partial charge in [-0.2, -0.15) is 0 Å². The minimum Gasteiger partial charge on any atom is -0.345 e. The molecule has 1 amide bonds. The van der Waals surface area contributed by atoms with E-state index in [0.717, 1.165) is 37.9 Å². The molecule has 1 fully saturated rings. The molecule has 1 aliphatic rings. The van der Waals surface area contributed by atoms with Crippen molar-refractivity contribution in [2.45, 2.75) is 58.2 Å². The van der Waals surface area contributed by atoms with E-state index in [1.165, 1.54) is 35.7 Å². The van der Waals surface area contributed by atoms with Gasteiger partial charge in [0.15, 0.2) is 0 Å². The zero-order valence-electron chi connectivity index (χ0n) is 18.7. The second-order valence-electron chi connectivity index (χ2n) is 8.76. The van der Waals surface area contributed by atoms with Gasteiger partial charge in [-0.25, -0.2) is 0 Å². The molecule has 33 heavy (non-hydrogen) atoms. The largest absolute Gasteiger partial charge is 0.345 e. The highest BCUT2D eigenvalue weighted by atomic mass is 35.5. The Balaban J connectivity index is 1.62. The zero-order chi connectivity index (χ0) is 23.4. The van der Waals surface area contributed by atoms with Crippen LogP contribution in [0.2, 0.25) is 5.02 Å². The Bertz CT molecular complexity index is 1150. The van der Waals surface area contributed by atoms with Gasteiger partial charge in [-0.15, -0.1) is 0 Å². The van der Waals surface area contributed by atoms with Crippen LogP contribution in [0.5, 0.6) is 0 Å². The normalized spacial score (nSPS) is 14.2. The van der Waals surface area contributed by atoms with Gasteiger partial charge in [-0.05, 0) is 43.5 Å². The number of nitro groups is 1. The van der Waals surface area contributed by atoms with E-state index in [-0.39, 0.29) is 22.7 Å². The van der Waals surface area contributed by atoms with E-state index in [4.69, 9.17) is 11.6 Å². The maximum Gasteiger partial charge on any atom is 0.270 e. The lowest BCUT2D eigenvalue weighted by atomic mass is 9.93. The van der Waals surface area contributed by atoms with Crippen LogP contribution in [0.3, 0.4) is 0 Å². The maximum absolute atomic E-state index is 13.6. The van der Waals surface area contributed by atoms with Gasteiger partial charge in [-0.1, -0.05) is 60.7 Å². The molecule has 1 aromatic heterocycles. The van der Waals surface area contributed by atoms with E-state index in [2.05, 4.69) is 41.8 Å². The molecule has 6 nitrogen and oxygen atoms in total. The molecule has 0 spiro atoms. The van der Waals surface area contributed by atoms with E-state index in [1.807, 2.05) is 17.2 Å². The molecule has 7 heteroatoms. The molecule has 1 heterocycles. The summed E-state index contributed by atoms with van der Waals surface area (Å²) in [7, 11) is 0. The number of aromatic nitrogens is 1. The van der Waals surface area contributed by atoms with Crippen LogP contribution in [0, 0.1) is 17.0 Å². The van der Waals surface area contributed by atoms with Crippen molar-refractivity contribution < 1.29 is 9.72 Å². The Morgan fingerprint density at radius 1 is 1.12 bits per heavy atom. The lowest BCUT2D eigenvalue weighted by Gasteiger charge is -2.35. The summed E-state index contributed by atoms with van der Waals surface area (Å²) in [6, 6.07) is 16.7. The summed E-state index contributed by atoms with van der Waals surface area (Å²) >= 11 is 6.33. The molecule has 1 saturated carbocycles. The number of carbonyl (C=O) groups is 1. The van der Waals surface area contributed by atoms with Crippen molar-refractivity contribution in [3.63, 3.8) is 0 Å². The summed E-state index contributed by atoms with van der Waals surface area (Å²) in [6.45, 7) is 3.28. The summed E-state index contributed by atoms with van der Waals surface area (Å²) in [4.78, 5) is 26.1. The monoisotopic (exact) mass is 465 g/mol. The average Bonchev–Trinajstić information content (AvgIpc) is 3.24. The molecular formula is C26H28ClN3O3. The van der Waals surface area contributed by atoms with Crippen LogP contribution in [0.1, 0.15) is 59.3 Å². The van der Waals surface area contributed by atoms with Crippen LogP contribution < -0.4 is 0 Å². The van der Waals surface area contributed by atoms with Crippen molar-refractivity contribution in [3.8, 4) is 0 Å². The molecule has 0 saturated heterocycles. The first-order chi connectivity index (χ1) is 15.9. The van der Waals surface area contributed by atoms with Gasteiger partial charge in [-0.3, -0.25) is 14.9 Å². The number of benzene rings is 2. The van der Waals surface area contributed by atoms with Gasteiger partial charge >= 0.3 is 0 Å². The fraction of sp³-hybridized carbons (Fsp3) is 0.346. The van der Waals surface area contributed by atoms with Gasteiger partial charge < -0.3 is 9.47 Å². The van der Waals surface area contributed by atoms with Crippen LogP contribution in [-0.2, 0) is 13.1 Å². The molecule has 4 rings (SSSR count). The van der Waals surface area contributed by atoms with Gasteiger partial charge in [0.2, 0.25) is 0 Å². The highest BCUT2D eigenvalue weighted by Gasteiger charge is 2.29. The van der Waals surface area contributed by atoms with Gasteiger partial charge in [0.1, 0.15) is 0 Å². The quantitative estimate of drug-likeness (QED) is 0.300. The molecule has 3 aromatic rings. The topological polar surface area (TPSA) is 68.4 Å². The van der Waals surface area contributed by atoms with Crippen LogP contribution >= 0.6 is 11.6 Å². The molecule has 0 radical (unpaired) electrons. The fourth-order valence-electron chi connectivity index (χ4n) is 4.63. The molecule has 0 unspecified atom stereocenters. The summed E-state index contributed by atoms with van der Waals surface area (Å²) in [5, 5.41) is 11.2. The lowest BCUT2D eigenvalue weighted by molar-refractivity contribution is -0.384. The predicted molar refractivity (Wildman–Crippen MR) is 130 cm³/mol. The third-order valence-electron chi connectivity index (χ3n) is 6.36. The summed E-state index contributed by atoms with van der Waals surface area (Å²) < 4.78 is 2.18. The fourth-order valence-corrected chi connectivity index (χ4v) is 4.89. The molecule has 0 atom stereocenters. The van der Waals surface area contributed by atoms with Crippen molar-refractivity contribution in [1.82, 2.24) is 9.47 Å². The summed E-state index contributed by atoms with van der Waals surface area (Å²) in [6.07, 6.45) is 7.31. The molecule has 0 aliphatic heterocycles. The highest BCUT2D eigenvalue weighted by molar-refractivity contribution is 6.34. The first-order valence-electron chi connectivity index (χ1n) is 11.4. The van der Waals surface area contributed by atoms with E-state index in [1.54, 1.807) is 0 Å². The molecule has 2 aromatic carbocycles. The smallest absolute Gasteiger partial charge is 0.270 e. The number of amides is 1. The second-order valence-corrected chi connectivity index (χ2v) is 9.17. The second kappa shape index (κ2) is 10.2. The van der Waals surface area contributed by atoms with Gasteiger partial charge in [0.05, 0.1) is 22.1 Å². The van der Waals surface area contributed by atoms with Crippen LogP contribution in [0.25, 0.3) is 0 Å². The van der Waals surface area contributed by atoms with Crippen LogP contribution in [-0.4, -0.2) is 26.3 Å². The Morgan fingerprint density at radius 3 is 2.61 bits per heavy atom. The van der Waals surface area contributed by atoms with Crippen molar-refractivity contribution in [1.29, 1.82) is 0 Å². The van der Waals surface area contributed by atoms with Gasteiger partial charge in [0.25, 0.3) is 11.6 Å². The number of aryl methyl sites for hydroxylation is 1. The summed E-state index contributed by atoms with van der Waals surface area (Å²) in [5.41, 5.74) is 3.67. The number of nitrogens with zero attached hydrogens (tertiary/aromatic N) is 3. The van der Waals surface area contributed by atoms with Crippen molar-refractivity contribution >= 4 is 23.2 Å². The molecule has 0 N–H and O–H groups in total. The first-order valence-corrected chi connectivity index (χ1v) is 11.7. The number of nitro benzene ring substituents is 1. The minimum absolute atomic E-state index is 0.116. The van der Waals surface area contributed by atoms with E-state index in [9.17, 15) is 14.9 Å².